The Morgan fingerprint density at radius 2 is 1.68 bits per heavy atom. The molecule has 1 saturated carbocycles. The molecule has 3 heteroatoms. The maximum atomic E-state index is 12.1. The van der Waals surface area contributed by atoms with Gasteiger partial charge < -0.3 is 10.6 Å². The van der Waals surface area contributed by atoms with Gasteiger partial charge in [0.2, 0.25) is 0 Å². The molecule has 0 aliphatic heterocycles. The third-order valence-electron chi connectivity index (χ3n) is 4.10. The van der Waals surface area contributed by atoms with E-state index in [1.54, 1.807) is 0 Å². The van der Waals surface area contributed by atoms with E-state index in [1.807, 2.05) is 31.3 Å². The first kappa shape index (κ1) is 14.1. The molecule has 2 rings (SSSR count). The van der Waals surface area contributed by atoms with Crippen molar-refractivity contribution in [2.75, 3.05) is 7.05 Å². The summed E-state index contributed by atoms with van der Waals surface area (Å²) in [6.45, 7) is 2.12. The normalized spacial score (nSPS) is 23.1. The minimum Gasteiger partial charge on any atom is -0.349 e. The molecule has 1 aliphatic rings. The fourth-order valence-electron chi connectivity index (χ4n) is 2.69. The molecule has 0 atom stereocenters. The van der Waals surface area contributed by atoms with Crippen molar-refractivity contribution in [2.24, 2.45) is 0 Å². The number of hydrogen-bond donors (Lipinski definition) is 2. The summed E-state index contributed by atoms with van der Waals surface area (Å²) in [5.41, 5.74) is 2.04. The Hall–Kier alpha value is -1.35. The monoisotopic (exact) mass is 260 g/mol. The molecule has 19 heavy (non-hydrogen) atoms. The second-order valence-corrected chi connectivity index (χ2v) is 5.36. The van der Waals surface area contributed by atoms with Crippen molar-refractivity contribution in [3.63, 3.8) is 0 Å². The molecule has 1 aliphatic carbocycles. The molecule has 0 bridgehead atoms. The molecular weight excluding hydrogens is 236 g/mol. The number of amides is 1. The average molecular weight is 260 g/mol. The summed E-state index contributed by atoms with van der Waals surface area (Å²) < 4.78 is 0. The molecular formula is C16H24N2O. The zero-order chi connectivity index (χ0) is 13.7. The molecule has 3 nitrogen and oxygen atoms in total. The number of nitrogens with one attached hydrogen (secondary N) is 2. The first-order valence-electron chi connectivity index (χ1n) is 7.30. The van der Waals surface area contributed by atoms with Crippen LogP contribution >= 0.6 is 0 Å². The molecule has 0 unspecified atom stereocenters. The number of carbonyl (C=O) groups excluding carboxylic acids is 1. The SMILES string of the molecule is CCc1ccc(C(=O)NC2CCC(NC)CC2)cc1. The van der Waals surface area contributed by atoms with Gasteiger partial charge in [-0.15, -0.1) is 0 Å². The van der Waals surface area contributed by atoms with Crippen LogP contribution in [0.4, 0.5) is 0 Å². The van der Waals surface area contributed by atoms with Crippen LogP contribution in [0.5, 0.6) is 0 Å². The maximum absolute atomic E-state index is 12.1. The van der Waals surface area contributed by atoms with E-state index in [2.05, 4.69) is 17.6 Å². The summed E-state index contributed by atoms with van der Waals surface area (Å²) in [4.78, 5) is 12.1. The summed E-state index contributed by atoms with van der Waals surface area (Å²) in [5.74, 6) is 0.0653. The molecule has 0 saturated heterocycles. The van der Waals surface area contributed by atoms with Gasteiger partial charge in [0, 0.05) is 17.6 Å². The third-order valence-corrected chi connectivity index (χ3v) is 4.10. The van der Waals surface area contributed by atoms with Crippen LogP contribution in [0, 0.1) is 0 Å². The standard InChI is InChI=1S/C16H24N2O/c1-3-12-4-6-13(7-5-12)16(19)18-15-10-8-14(17-2)9-11-15/h4-7,14-15,17H,3,8-11H2,1-2H3,(H,18,19). The highest BCUT2D eigenvalue weighted by atomic mass is 16.1. The fraction of sp³-hybridized carbons (Fsp3) is 0.562. The van der Waals surface area contributed by atoms with Crippen molar-refractivity contribution < 1.29 is 4.79 Å². The van der Waals surface area contributed by atoms with Gasteiger partial charge in [-0.3, -0.25) is 4.79 Å². The minimum absolute atomic E-state index is 0.0653. The van der Waals surface area contributed by atoms with E-state index < -0.39 is 0 Å². The lowest BCUT2D eigenvalue weighted by molar-refractivity contribution is 0.0924. The minimum atomic E-state index is 0.0653. The first-order chi connectivity index (χ1) is 9.22. The number of rotatable bonds is 4. The van der Waals surface area contributed by atoms with Crippen LogP contribution in [0.25, 0.3) is 0 Å². The topological polar surface area (TPSA) is 41.1 Å². The van der Waals surface area contributed by atoms with E-state index in [9.17, 15) is 4.79 Å². The van der Waals surface area contributed by atoms with Crippen molar-refractivity contribution in [3.05, 3.63) is 35.4 Å². The van der Waals surface area contributed by atoms with E-state index >= 15 is 0 Å². The van der Waals surface area contributed by atoms with Crippen LogP contribution < -0.4 is 10.6 Å². The third kappa shape index (κ3) is 3.80. The van der Waals surface area contributed by atoms with Crippen molar-refractivity contribution in [3.8, 4) is 0 Å². The van der Waals surface area contributed by atoms with E-state index in [-0.39, 0.29) is 5.91 Å². The lowest BCUT2D eigenvalue weighted by atomic mass is 9.91. The number of hydrogen-bond acceptors (Lipinski definition) is 2. The predicted octanol–water partition coefficient (Wildman–Crippen LogP) is 2.51. The fourth-order valence-corrected chi connectivity index (χ4v) is 2.69. The molecule has 0 spiro atoms. The van der Waals surface area contributed by atoms with Crippen molar-refractivity contribution in [2.45, 2.75) is 51.1 Å². The van der Waals surface area contributed by atoms with Gasteiger partial charge in [0.1, 0.15) is 0 Å². The highest BCUT2D eigenvalue weighted by Gasteiger charge is 2.21. The van der Waals surface area contributed by atoms with E-state index in [1.165, 1.54) is 5.56 Å². The Kier molecular flexibility index (Phi) is 4.97. The predicted molar refractivity (Wildman–Crippen MR) is 78.4 cm³/mol. The molecule has 104 valence electrons. The highest BCUT2D eigenvalue weighted by molar-refractivity contribution is 5.94. The zero-order valence-electron chi connectivity index (χ0n) is 11.9. The Morgan fingerprint density at radius 1 is 1.11 bits per heavy atom. The molecule has 2 N–H and O–H groups in total. The average Bonchev–Trinajstić information content (AvgIpc) is 2.48. The molecule has 0 heterocycles. The van der Waals surface area contributed by atoms with Crippen LogP contribution in [0.1, 0.15) is 48.5 Å². The van der Waals surface area contributed by atoms with Crippen molar-refractivity contribution in [1.82, 2.24) is 10.6 Å². The first-order valence-corrected chi connectivity index (χ1v) is 7.30. The smallest absolute Gasteiger partial charge is 0.251 e. The van der Waals surface area contributed by atoms with Crippen LogP contribution in [-0.2, 0) is 6.42 Å². The molecule has 1 aromatic carbocycles. The second-order valence-electron chi connectivity index (χ2n) is 5.36. The zero-order valence-corrected chi connectivity index (χ0v) is 11.9. The van der Waals surface area contributed by atoms with Gasteiger partial charge in [-0.05, 0) is 56.8 Å². The van der Waals surface area contributed by atoms with Crippen LogP contribution in [0.3, 0.4) is 0 Å². The van der Waals surface area contributed by atoms with Crippen LogP contribution in [0.2, 0.25) is 0 Å². The van der Waals surface area contributed by atoms with Crippen molar-refractivity contribution >= 4 is 5.91 Å². The highest BCUT2D eigenvalue weighted by Crippen LogP contribution is 2.18. The molecule has 1 amide bonds. The number of aryl methyl sites for hydroxylation is 1. The van der Waals surface area contributed by atoms with Gasteiger partial charge in [0.25, 0.3) is 5.91 Å². The Morgan fingerprint density at radius 3 is 2.21 bits per heavy atom. The van der Waals surface area contributed by atoms with Gasteiger partial charge in [-0.2, -0.15) is 0 Å². The maximum Gasteiger partial charge on any atom is 0.251 e. The summed E-state index contributed by atoms with van der Waals surface area (Å²) in [6, 6.07) is 8.88. The lowest BCUT2D eigenvalue weighted by Crippen LogP contribution is -2.41. The van der Waals surface area contributed by atoms with Gasteiger partial charge in [-0.25, -0.2) is 0 Å². The van der Waals surface area contributed by atoms with Gasteiger partial charge >= 0.3 is 0 Å². The van der Waals surface area contributed by atoms with Gasteiger partial charge in [0.05, 0.1) is 0 Å². The molecule has 0 radical (unpaired) electrons. The molecule has 0 aromatic heterocycles. The number of carbonyl (C=O) groups is 1. The Bertz CT molecular complexity index is 405. The summed E-state index contributed by atoms with van der Waals surface area (Å²) >= 11 is 0. The summed E-state index contributed by atoms with van der Waals surface area (Å²) in [6.07, 6.45) is 5.46. The van der Waals surface area contributed by atoms with E-state index in [0.717, 1.165) is 37.7 Å². The van der Waals surface area contributed by atoms with E-state index in [4.69, 9.17) is 0 Å². The van der Waals surface area contributed by atoms with Crippen molar-refractivity contribution in [1.29, 1.82) is 0 Å². The Balaban J connectivity index is 1.87. The van der Waals surface area contributed by atoms with Crippen LogP contribution in [-0.4, -0.2) is 25.0 Å². The van der Waals surface area contributed by atoms with E-state index in [0.29, 0.717) is 12.1 Å². The van der Waals surface area contributed by atoms with Gasteiger partial charge in [-0.1, -0.05) is 19.1 Å². The lowest BCUT2D eigenvalue weighted by Gasteiger charge is -2.28. The second kappa shape index (κ2) is 6.71. The largest absolute Gasteiger partial charge is 0.349 e. The quantitative estimate of drug-likeness (QED) is 0.873. The summed E-state index contributed by atoms with van der Waals surface area (Å²) in [7, 11) is 2.01. The van der Waals surface area contributed by atoms with Gasteiger partial charge in [0.15, 0.2) is 0 Å². The number of benzene rings is 1. The van der Waals surface area contributed by atoms with Crippen LogP contribution in [0.15, 0.2) is 24.3 Å². The molecule has 1 fully saturated rings. The Labute approximate surface area is 115 Å². The summed E-state index contributed by atoms with van der Waals surface area (Å²) in [5, 5.41) is 6.46. The molecule has 1 aromatic rings.